The summed E-state index contributed by atoms with van der Waals surface area (Å²) >= 11 is 2.00. The highest BCUT2D eigenvalue weighted by molar-refractivity contribution is 7.26. The number of nitrogens with zero attached hydrogens (tertiary/aromatic N) is 1. The number of benzene rings is 3. The number of aryl methyl sites for hydroxylation is 1. The summed E-state index contributed by atoms with van der Waals surface area (Å²) in [6, 6.07) is 20.5. The Morgan fingerprint density at radius 2 is 1.63 bits per heavy atom. The zero-order valence-corrected chi connectivity index (χ0v) is 16.5. The highest BCUT2D eigenvalue weighted by Gasteiger charge is 2.21. The van der Waals surface area contributed by atoms with Crippen molar-refractivity contribution in [2.24, 2.45) is 7.05 Å². The topological polar surface area (TPSA) is 4.93 Å². The van der Waals surface area contributed by atoms with E-state index in [1.807, 2.05) is 11.3 Å². The Morgan fingerprint density at radius 3 is 2.52 bits per heavy atom. The second-order valence-electron chi connectivity index (χ2n) is 8.07. The first kappa shape index (κ1) is 15.7. The van der Waals surface area contributed by atoms with Crippen molar-refractivity contribution in [3.05, 3.63) is 60.2 Å². The molecule has 0 saturated heterocycles. The van der Waals surface area contributed by atoms with Crippen LogP contribution in [0.15, 0.2) is 54.6 Å². The number of thiophene rings is 1. The fourth-order valence-corrected chi connectivity index (χ4v) is 6.61. The van der Waals surface area contributed by atoms with Gasteiger partial charge in [-0.15, -0.1) is 11.3 Å². The largest absolute Gasteiger partial charge is 0.343 e. The van der Waals surface area contributed by atoms with Crippen LogP contribution in [-0.4, -0.2) is 4.57 Å². The molecule has 0 amide bonds. The third-order valence-electron chi connectivity index (χ3n) is 6.60. The number of hydrogen-bond acceptors (Lipinski definition) is 1. The molecule has 2 aromatic heterocycles. The van der Waals surface area contributed by atoms with Crippen molar-refractivity contribution >= 4 is 53.3 Å². The van der Waals surface area contributed by atoms with E-state index in [9.17, 15) is 0 Å². The van der Waals surface area contributed by atoms with Crippen LogP contribution in [0.3, 0.4) is 0 Å². The van der Waals surface area contributed by atoms with Gasteiger partial charge >= 0.3 is 0 Å². The first-order chi connectivity index (χ1) is 13.3. The van der Waals surface area contributed by atoms with Crippen molar-refractivity contribution in [1.82, 2.24) is 4.57 Å². The molecule has 27 heavy (non-hydrogen) atoms. The van der Waals surface area contributed by atoms with Crippen LogP contribution < -0.4 is 0 Å². The van der Waals surface area contributed by atoms with Gasteiger partial charge in [0.25, 0.3) is 0 Å². The van der Waals surface area contributed by atoms with Crippen molar-refractivity contribution in [1.29, 1.82) is 0 Å². The number of aromatic nitrogens is 1. The Hall–Kier alpha value is -2.32. The summed E-state index contributed by atoms with van der Waals surface area (Å²) in [4.78, 5) is 0. The molecule has 2 heterocycles. The minimum atomic E-state index is 0.749. The van der Waals surface area contributed by atoms with E-state index in [1.54, 1.807) is 5.56 Å². The molecule has 134 valence electrons. The van der Waals surface area contributed by atoms with Crippen LogP contribution in [0.4, 0.5) is 0 Å². The Kier molecular flexibility index (Phi) is 3.40. The molecular weight excluding hydrogens is 346 g/mol. The first-order valence-corrected chi connectivity index (χ1v) is 11.0. The van der Waals surface area contributed by atoms with Crippen LogP contribution in [0.1, 0.15) is 43.6 Å². The summed E-state index contributed by atoms with van der Waals surface area (Å²) in [6.45, 7) is 0. The molecule has 1 aliphatic rings. The fourth-order valence-electron chi connectivity index (χ4n) is 5.31. The fraction of sp³-hybridized carbons (Fsp3) is 0.280. The van der Waals surface area contributed by atoms with Gasteiger partial charge in [-0.25, -0.2) is 0 Å². The smallest absolute Gasteiger partial charge is 0.0583 e. The third-order valence-corrected chi connectivity index (χ3v) is 7.82. The lowest BCUT2D eigenvalue weighted by molar-refractivity contribution is 0.446. The zero-order valence-electron chi connectivity index (χ0n) is 15.7. The Morgan fingerprint density at radius 1 is 0.815 bits per heavy atom. The molecule has 1 saturated carbocycles. The molecule has 6 rings (SSSR count). The van der Waals surface area contributed by atoms with E-state index in [0.29, 0.717) is 0 Å². The van der Waals surface area contributed by atoms with Gasteiger partial charge in [0.1, 0.15) is 0 Å². The van der Waals surface area contributed by atoms with E-state index < -0.39 is 0 Å². The molecule has 0 atom stereocenters. The van der Waals surface area contributed by atoms with E-state index in [1.165, 1.54) is 74.1 Å². The second kappa shape index (κ2) is 5.84. The van der Waals surface area contributed by atoms with Crippen molar-refractivity contribution < 1.29 is 0 Å². The quantitative estimate of drug-likeness (QED) is 0.285. The van der Waals surface area contributed by atoms with Crippen molar-refractivity contribution in [3.63, 3.8) is 0 Å². The molecule has 0 aliphatic heterocycles. The van der Waals surface area contributed by atoms with E-state index in [2.05, 4.69) is 66.2 Å². The van der Waals surface area contributed by atoms with Crippen LogP contribution in [0, 0.1) is 0 Å². The van der Waals surface area contributed by atoms with Crippen LogP contribution in [-0.2, 0) is 7.05 Å². The molecule has 1 nitrogen and oxygen atoms in total. The number of hydrogen-bond donors (Lipinski definition) is 0. The summed E-state index contributed by atoms with van der Waals surface area (Å²) in [5.74, 6) is 0.749. The molecule has 1 aliphatic carbocycles. The minimum absolute atomic E-state index is 0.749. The summed E-state index contributed by atoms with van der Waals surface area (Å²) in [5, 5.41) is 5.64. The van der Waals surface area contributed by atoms with Gasteiger partial charge in [0.05, 0.1) is 5.52 Å². The summed E-state index contributed by atoms with van der Waals surface area (Å²) in [6.07, 6.45) is 6.90. The van der Waals surface area contributed by atoms with Crippen molar-refractivity contribution in [2.45, 2.75) is 38.0 Å². The van der Waals surface area contributed by atoms with Gasteiger partial charge in [-0.05, 0) is 36.5 Å². The van der Waals surface area contributed by atoms with Gasteiger partial charge in [0, 0.05) is 43.5 Å². The molecule has 5 aromatic rings. The average Bonchev–Trinajstić information content (AvgIpc) is 3.24. The van der Waals surface area contributed by atoms with Gasteiger partial charge in [-0.2, -0.15) is 0 Å². The van der Waals surface area contributed by atoms with Crippen LogP contribution in [0.2, 0.25) is 0 Å². The van der Waals surface area contributed by atoms with Crippen LogP contribution >= 0.6 is 11.3 Å². The number of rotatable bonds is 1. The van der Waals surface area contributed by atoms with E-state index in [4.69, 9.17) is 0 Å². The molecule has 0 N–H and O–H groups in total. The van der Waals surface area contributed by atoms with Crippen LogP contribution in [0.5, 0.6) is 0 Å². The van der Waals surface area contributed by atoms with Crippen LogP contribution in [0.25, 0.3) is 42.0 Å². The normalized spacial score (nSPS) is 16.2. The summed E-state index contributed by atoms with van der Waals surface area (Å²) < 4.78 is 5.34. The maximum atomic E-state index is 2.40. The molecule has 0 spiro atoms. The maximum absolute atomic E-state index is 2.40. The van der Waals surface area contributed by atoms with Gasteiger partial charge in [0.15, 0.2) is 0 Å². The Bertz CT molecular complexity index is 1310. The maximum Gasteiger partial charge on any atom is 0.0583 e. The molecule has 3 aromatic carbocycles. The molecule has 0 radical (unpaired) electrons. The summed E-state index contributed by atoms with van der Waals surface area (Å²) in [5.41, 5.74) is 4.31. The Balaban J connectivity index is 1.74. The van der Waals surface area contributed by atoms with Gasteiger partial charge in [-0.3, -0.25) is 0 Å². The molecule has 0 unspecified atom stereocenters. The molecule has 1 fully saturated rings. The third kappa shape index (κ3) is 2.17. The molecular formula is C25H23NS. The lowest BCUT2D eigenvalue weighted by atomic mass is 9.83. The lowest BCUT2D eigenvalue weighted by Crippen LogP contribution is -2.04. The highest BCUT2D eigenvalue weighted by atomic mass is 32.1. The minimum Gasteiger partial charge on any atom is -0.343 e. The lowest BCUT2D eigenvalue weighted by Gasteiger charge is -2.22. The van der Waals surface area contributed by atoms with E-state index >= 15 is 0 Å². The van der Waals surface area contributed by atoms with Crippen molar-refractivity contribution in [3.8, 4) is 0 Å². The standard InChI is InChI=1S/C25H23NS/c1-26-21-13-6-5-10-18(21)19-14-15-22-23(24(19)26)20-12-7-11-17(25(20)27-22)16-8-3-2-4-9-16/h5-7,10-16H,2-4,8-9H2,1H3. The average molecular weight is 370 g/mol. The first-order valence-electron chi connectivity index (χ1n) is 10.1. The Labute approximate surface area is 163 Å². The van der Waals surface area contributed by atoms with E-state index in [0.717, 1.165) is 5.92 Å². The molecule has 0 bridgehead atoms. The van der Waals surface area contributed by atoms with Gasteiger partial charge in [0.2, 0.25) is 0 Å². The number of fused-ring (bicyclic) bond motifs is 7. The molecule has 2 heteroatoms. The number of para-hydroxylation sites is 1. The monoisotopic (exact) mass is 369 g/mol. The highest BCUT2D eigenvalue weighted by Crippen LogP contribution is 2.45. The van der Waals surface area contributed by atoms with E-state index in [-0.39, 0.29) is 0 Å². The van der Waals surface area contributed by atoms with Crippen molar-refractivity contribution in [2.75, 3.05) is 0 Å². The SMILES string of the molecule is Cn1c2ccccc2c2ccc3sc4c(C5CCCCC5)cccc4c3c21. The second-order valence-corrected chi connectivity index (χ2v) is 9.12. The predicted octanol–water partition coefficient (Wildman–Crippen LogP) is 7.75. The predicted molar refractivity (Wildman–Crippen MR) is 119 cm³/mol. The van der Waals surface area contributed by atoms with Gasteiger partial charge < -0.3 is 4.57 Å². The zero-order chi connectivity index (χ0) is 18.0. The summed E-state index contributed by atoms with van der Waals surface area (Å²) in [7, 11) is 2.22. The van der Waals surface area contributed by atoms with Gasteiger partial charge in [-0.1, -0.05) is 61.7 Å².